The number of allylic oxidation sites excluding steroid dienone is 4. The van der Waals surface area contributed by atoms with Crippen molar-refractivity contribution in [3.63, 3.8) is 0 Å². The highest BCUT2D eigenvalue weighted by Gasteiger charge is 2.28. The van der Waals surface area contributed by atoms with E-state index in [0.717, 1.165) is 0 Å². The molecule has 0 unspecified atom stereocenters. The molecule has 17 heavy (non-hydrogen) atoms. The summed E-state index contributed by atoms with van der Waals surface area (Å²) in [7, 11) is 0. The second kappa shape index (κ2) is 5.42. The summed E-state index contributed by atoms with van der Waals surface area (Å²) in [6, 6.07) is 0. The van der Waals surface area contributed by atoms with Gasteiger partial charge in [0.1, 0.15) is 0 Å². The first-order chi connectivity index (χ1) is 7.89. The van der Waals surface area contributed by atoms with E-state index in [1.165, 1.54) is 32.1 Å². The average Bonchev–Trinajstić information content (AvgIpc) is 2.38. The third-order valence-corrected chi connectivity index (χ3v) is 5.24. The minimum Gasteiger partial charge on any atom is -0.0646 e. The van der Waals surface area contributed by atoms with Crippen molar-refractivity contribution in [2.24, 2.45) is 10.8 Å². The maximum absolute atomic E-state index is 2.42. The van der Waals surface area contributed by atoms with Gasteiger partial charge in [-0.15, -0.1) is 0 Å². The molecule has 0 nitrogen and oxygen atoms in total. The fraction of sp³-hybridized carbons (Fsp3) is 0.765. The van der Waals surface area contributed by atoms with Crippen molar-refractivity contribution in [3.8, 4) is 0 Å². The molecule has 0 bridgehead atoms. The number of hydrogen-bond donors (Lipinski definition) is 0. The van der Waals surface area contributed by atoms with Crippen LogP contribution in [0, 0.1) is 10.8 Å². The highest BCUT2D eigenvalue weighted by molar-refractivity contribution is 5.30. The second-order valence-corrected chi connectivity index (χ2v) is 6.39. The third kappa shape index (κ3) is 3.03. The molecule has 0 atom stereocenters. The van der Waals surface area contributed by atoms with Crippen LogP contribution in [-0.2, 0) is 0 Å². The van der Waals surface area contributed by atoms with Gasteiger partial charge in [0.2, 0.25) is 0 Å². The number of rotatable bonds is 5. The molecule has 98 valence electrons. The van der Waals surface area contributed by atoms with Crippen molar-refractivity contribution < 1.29 is 0 Å². The minimum atomic E-state index is 0.386. The minimum absolute atomic E-state index is 0.386. The van der Waals surface area contributed by atoms with E-state index in [1.807, 2.05) is 0 Å². The van der Waals surface area contributed by atoms with Gasteiger partial charge in [-0.25, -0.2) is 0 Å². The molecule has 1 aliphatic rings. The van der Waals surface area contributed by atoms with Crippen LogP contribution in [0.2, 0.25) is 0 Å². The fourth-order valence-corrected chi connectivity index (χ4v) is 2.64. The SMILES string of the molecule is CCC(C)(C)C1=CC=C(C(C)(CC)CC)CC1. The molecule has 0 amide bonds. The van der Waals surface area contributed by atoms with Gasteiger partial charge in [-0.05, 0) is 42.9 Å². The van der Waals surface area contributed by atoms with Crippen LogP contribution in [0.4, 0.5) is 0 Å². The van der Waals surface area contributed by atoms with E-state index in [-0.39, 0.29) is 0 Å². The zero-order valence-corrected chi connectivity index (χ0v) is 12.7. The molecule has 0 aliphatic heterocycles. The smallest absolute Gasteiger partial charge is 0.0118 e. The molecule has 1 aliphatic carbocycles. The Morgan fingerprint density at radius 3 is 1.65 bits per heavy atom. The molecule has 0 radical (unpaired) electrons. The van der Waals surface area contributed by atoms with Crippen LogP contribution < -0.4 is 0 Å². The van der Waals surface area contributed by atoms with Gasteiger partial charge < -0.3 is 0 Å². The molecule has 0 heteroatoms. The molecule has 0 aromatic carbocycles. The Hall–Kier alpha value is -0.520. The van der Waals surface area contributed by atoms with Crippen LogP contribution in [0.5, 0.6) is 0 Å². The Labute approximate surface area is 108 Å². The second-order valence-electron chi connectivity index (χ2n) is 6.39. The predicted octanol–water partition coefficient (Wildman–Crippen LogP) is 5.90. The Balaban J connectivity index is 2.91. The lowest BCUT2D eigenvalue weighted by Gasteiger charge is -2.35. The summed E-state index contributed by atoms with van der Waals surface area (Å²) >= 11 is 0. The summed E-state index contributed by atoms with van der Waals surface area (Å²) < 4.78 is 0. The van der Waals surface area contributed by atoms with E-state index in [9.17, 15) is 0 Å². The van der Waals surface area contributed by atoms with Gasteiger partial charge in [0.25, 0.3) is 0 Å². The molecule has 0 aromatic rings. The van der Waals surface area contributed by atoms with Crippen molar-refractivity contribution in [3.05, 3.63) is 23.3 Å². The van der Waals surface area contributed by atoms with Gasteiger partial charge >= 0.3 is 0 Å². The largest absolute Gasteiger partial charge is 0.0646 e. The molecule has 1 rings (SSSR count). The maximum Gasteiger partial charge on any atom is -0.0118 e. The van der Waals surface area contributed by atoms with Crippen LogP contribution in [0.3, 0.4) is 0 Å². The zero-order valence-electron chi connectivity index (χ0n) is 12.7. The summed E-state index contributed by atoms with van der Waals surface area (Å²) in [5.74, 6) is 0. The molecule has 0 spiro atoms. The van der Waals surface area contributed by atoms with Gasteiger partial charge in [-0.1, -0.05) is 64.8 Å². The van der Waals surface area contributed by atoms with Gasteiger partial charge in [0.05, 0.1) is 0 Å². The summed E-state index contributed by atoms with van der Waals surface area (Å²) in [5.41, 5.74) is 4.12. The summed E-state index contributed by atoms with van der Waals surface area (Å²) in [6.07, 6.45) is 11.1. The maximum atomic E-state index is 2.42. The van der Waals surface area contributed by atoms with E-state index in [2.05, 4.69) is 53.7 Å². The van der Waals surface area contributed by atoms with E-state index < -0.39 is 0 Å². The Morgan fingerprint density at radius 1 is 0.824 bits per heavy atom. The summed E-state index contributed by atoms with van der Waals surface area (Å²) in [5, 5.41) is 0. The average molecular weight is 234 g/mol. The normalized spacial score (nSPS) is 17.8. The molecule has 0 fully saturated rings. The van der Waals surface area contributed by atoms with E-state index in [1.54, 1.807) is 11.1 Å². The van der Waals surface area contributed by atoms with Crippen LogP contribution in [0.25, 0.3) is 0 Å². The first-order valence-electron chi connectivity index (χ1n) is 7.30. The highest BCUT2D eigenvalue weighted by Crippen LogP contribution is 2.43. The van der Waals surface area contributed by atoms with Crippen molar-refractivity contribution in [2.75, 3.05) is 0 Å². The predicted molar refractivity (Wildman–Crippen MR) is 78.2 cm³/mol. The van der Waals surface area contributed by atoms with Crippen molar-refractivity contribution in [1.82, 2.24) is 0 Å². The molecular weight excluding hydrogens is 204 g/mol. The van der Waals surface area contributed by atoms with Crippen LogP contribution in [0.15, 0.2) is 23.3 Å². The Morgan fingerprint density at radius 2 is 1.29 bits per heavy atom. The molecule has 0 heterocycles. The third-order valence-electron chi connectivity index (χ3n) is 5.24. The zero-order chi connectivity index (χ0) is 13.1. The quantitative estimate of drug-likeness (QED) is 0.556. The lowest BCUT2D eigenvalue weighted by atomic mass is 9.70. The van der Waals surface area contributed by atoms with Crippen molar-refractivity contribution in [2.45, 2.75) is 73.6 Å². The Bertz CT molecular complexity index is 311. The van der Waals surface area contributed by atoms with Gasteiger partial charge in [-0.3, -0.25) is 0 Å². The molecule has 0 aromatic heterocycles. The highest BCUT2D eigenvalue weighted by atomic mass is 14.3. The van der Waals surface area contributed by atoms with Crippen molar-refractivity contribution >= 4 is 0 Å². The van der Waals surface area contributed by atoms with Crippen molar-refractivity contribution in [1.29, 1.82) is 0 Å². The summed E-state index contributed by atoms with van der Waals surface area (Å²) in [4.78, 5) is 0. The lowest BCUT2D eigenvalue weighted by molar-refractivity contribution is 0.345. The number of hydrogen-bond acceptors (Lipinski definition) is 0. The summed E-state index contributed by atoms with van der Waals surface area (Å²) in [6.45, 7) is 14.1. The molecule has 0 N–H and O–H groups in total. The van der Waals surface area contributed by atoms with E-state index >= 15 is 0 Å². The standard InChI is InChI=1S/C17H30/c1-7-16(4,5)14-10-12-15(13-11-14)17(6,8-2)9-3/h10,12H,7-9,11,13H2,1-6H3. The van der Waals surface area contributed by atoms with Crippen LogP contribution in [0.1, 0.15) is 73.6 Å². The monoisotopic (exact) mass is 234 g/mol. The van der Waals surface area contributed by atoms with Crippen LogP contribution in [-0.4, -0.2) is 0 Å². The van der Waals surface area contributed by atoms with Gasteiger partial charge in [0.15, 0.2) is 0 Å². The Kier molecular flexibility index (Phi) is 4.63. The van der Waals surface area contributed by atoms with Gasteiger partial charge in [-0.2, -0.15) is 0 Å². The molecular formula is C17H30. The topological polar surface area (TPSA) is 0 Å². The van der Waals surface area contributed by atoms with E-state index in [0.29, 0.717) is 10.8 Å². The van der Waals surface area contributed by atoms with Gasteiger partial charge in [0, 0.05) is 0 Å². The first kappa shape index (κ1) is 14.5. The molecule has 0 saturated heterocycles. The van der Waals surface area contributed by atoms with E-state index in [4.69, 9.17) is 0 Å². The van der Waals surface area contributed by atoms with Crippen LogP contribution >= 0.6 is 0 Å². The lowest BCUT2D eigenvalue weighted by Crippen LogP contribution is -2.21. The molecule has 0 saturated carbocycles. The fourth-order valence-electron chi connectivity index (χ4n) is 2.64. The first-order valence-corrected chi connectivity index (χ1v) is 7.30.